The minimum absolute atomic E-state index is 0.300. The summed E-state index contributed by atoms with van der Waals surface area (Å²) in [6.07, 6.45) is 5.40. The van der Waals surface area contributed by atoms with Crippen molar-refractivity contribution in [3.05, 3.63) is 73.1 Å². The third kappa shape index (κ3) is 3.51. The Morgan fingerprint density at radius 3 is 2.57 bits per heavy atom. The maximum Gasteiger partial charge on any atom is 0.192 e. The molecule has 0 aliphatic rings. The van der Waals surface area contributed by atoms with E-state index in [1.165, 1.54) is 5.56 Å². The van der Waals surface area contributed by atoms with E-state index in [4.69, 9.17) is 0 Å². The molecule has 4 nitrogen and oxygen atoms in total. The van der Waals surface area contributed by atoms with Gasteiger partial charge >= 0.3 is 0 Å². The highest BCUT2D eigenvalue weighted by molar-refractivity contribution is 7.99. The van der Waals surface area contributed by atoms with E-state index in [1.807, 2.05) is 24.3 Å². The molecule has 0 saturated heterocycles. The van der Waals surface area contributed by atoms with Crippen LogP contribution in [0, 0.1) is 0 Å². The third-order valence-corrected chi connectivity index (χ3v) is 4.66. The zero-order chi connectivity index (χ0) is 16.1. The second-order valence-corrected chi connectivity index (χ2v) is 6.42. The van der Waals surface area contributed by atoms with E-state index in [-0.39, 0.29) is 0 Å². The Hall–Kier alpha value is -2.40. The van der Waals surface area contributed by atoms with Crippen LogP contribution in [-0.4, -0.2) is 19.7 Å². The van der Waals surface area contributed by atoms with Crippen LogP contribution in [0.3, 0.4) is 0 Å². The monoisotopic (exact) mass is 322 g/mol. The second-order valence-electron chi connectivity index (χ2n) is 5.11. The van der Waals surface area contributed by atoms with Crippen molar-refractivity contribution in [2.24, 2.45) is 0 Å². The van der Waals surface area contributed by atoms with Crippen LogP contribution < -0.4 is 0 Å². The number of rotatable bonds is 6. The normalized spacial score (nSPS) is 12.0. The number of hydrogen-bond acceptors (Lipinski definition) is 4. The zero-order valence-corrected chi connectivity index (χ0v) is 13.8. The fraction of sp³-hybridized carbons (Fsp3) is 0.167. The van der Waals surface area contributed by atoms with Gasteiger partial charge in [-0.15, -0.1) is 16.8 Å². The van der Waals surface area contributed by atoms with E-state index in [2.05, 4.69) is 57.5 Å². The highest BCUT2D eigenvalue weighted by Crippen LogP contribution is 2.35. The van der Waals surface area contributed by atoms with Crippen LogP contribution in [0.1, 0.15) is 17.7 Å². The van der Waals surface area contributed by atoms with Crippen LogP contribution in [0.2, 0.25) is 0 Å². The molecule has 0 aliphatic heterocycles. The molecule has 0 N–H and O–H groups in total. The molecule has 0 aliphatic carbocycles. The van der Waals surface area contributed by atoms with E-state index in [1.54, 1.807) is 24.2 Å². The Labute approximate surface area is 140 Å². The van der Waals surface area contributed by atoms with E-state index in [9.17, 15) is 0 Å². The number of allylic oxidation sites excluding steroid dienone is 1. The Balaban J connectivity index is 1.91. The van der Waals surface area contributed by atoms with Gasteiger partial charge in [0, 0.05) is 29.8 Å². The molecule has 0 spiro atoms. The van der Waals surface area contributed by atoms with Crippen molar-refractivity contribution in [3.63, 3.8) is 0 Å². The van der Waals surface area contributed by atoms with E-state index < -0.39 is 0 Å². The summed E-state index contributed by atoms with van der Waals surface area (Å²) in [6.45, 7) is 6.71. The molecular weight excluding hydrogens is 304 g/mol. The van der Waals surface area contributed by atoms with Gasteiger partial charge in [0.25, 0.3) is 0 Å². The molecule has 0 fully saturated rings. The Morgan fingerprint density at radius 2 is 1.87 bits per heavy atom. The summed E-state index contributed by atoms with van der Waals surface area (Å²) in [7, 11) is 0. The molecule has 116 valence electrons. The molecular formula is C18H18N4S. The fourth-order valence-corrected chi connectivity index (χ4v) is 3.32. The highest BCUT2D eigenvalue weighted by atomic mass is 32.2. The lowest BCUT2D eigenvalue weighted by molar-refractivity contribution is 0.729. The Kier molecular flexibility index (Phi) is 4.88. The molecule has 1 unspecified atom stereocenters. The maximum absolute atomic E-state index is 4.38. The van der Waals surface area contributed by atoms with Crippen LogP contribution >= 0.6 is 11.8 Å². The van der Waals surface area contributed by atoms with Crippen molar-refractivity contribution in [1.82, 2.24) is 19.7 Å². The minimum Gasteiger partial charge on any atom is -0.298 e. The molecule has 3 aromatic rings. The van der Waals surface area contributed by atoms with Crippen molar-refractivity contribution >= 4 is 11.8 Å². The first-order chi connectivity index (χ1) is 11.3. The predicted octanol–water partition coefficient (Wildman–Crippen LogP) is 4.38. The SMILES string of the molecule is C=CCn1c(SC(C)c2ccccc2)nnc1-c1ccncc1. The number of hydrogen-bond donors (Lipinski definition) is 0. The summed E-state index contributed by atoms with van der Waals surface area (Å²) in [5.41, 5.74) is 2.28. The zero-order valence-electron chi connectivity index (χ0n) is 13.0. The van der Waals surface area contributed by atoms with Gasteiger partial charge in [0.15, 0.2) is 11.0 Å². The standard InChI is InChI=1S/C18H18N4S/c1-3-13-22-17(16-9-11-19-12-10-16)20-21-18(22)23-14(2)15-7-5-4-6-8-15/h3-12,14H,1,13H2,2H3. The van der Waals surface area contributed by atoms with Crippen molar-refractivity contribution < 1.29 is 0 Å². The molecule has 3 rings (SSSR count). The molecule has 0 radical (unpaired) electrons. The van der Waals surface area contributed by atoms with Crippen molar-refractivity contribution in [1.29, 1.82) is 0 Å². The number of thioether (sulfide) groups is 1. The average Bonchev–Trinajstić information content (AvgIpc) is 2.99. The van der Waals surface area contributed by atoms with Crippen molar-refractivity contribution in [2.75, 3.05) is 0 Å². The van der Waals surface area contributed by atoms with Crippen molar-refractivity contribution in [2.45, 2.75) is 23.9 Å². The first-order valence-electron chi connectivity index (χ1n) is 7.45. The quantitative estimate of drug-likeness (QED) is 0.499. The summed E-state index contributed by atoms with van der Waals surface area (Å²) < 4.78 is 2.09. The maximum atomic E-state index is 4.38. The Morgan fingerprint density at radius 1 is 1.13 bits per heavy atom. The van der Waals surface area contributed by atoms with Crippen LogP contribution in [0.15, 0.2) is 72.7 Å². The number of aromatic nitrogens is 4. The lowest BCUT2D eigenvalue weighted by atomic mass is 10.2. The summed E-state index contributed by atoms with van der Waals surface area (Å²) in [6, 6.07) is 14.3. The van der Waals surface area contributed by atoms with Gasteiger partial charge < -0.3 is 0 Å². The van der Waals surface area contributed by atoms with Crippen molar-refractivity contribution in [3.8, 4) is 11.4 Å². The predicted molar refractivity (Wildman–Crippen MR) is 94.2 cm³/mol. The van der Waals surface area contributed by atoms with Crippen LogP contribution in [0.25, 0.3) is 11.4 Å². The second kappa shape index (κ2) is 7.24. The number of pyridine rings is 1. The van der Waals surface area contributed by atoms with E-state index >= 15 is 0 Å². The summed E-state index contributed by atoms with van der Waals surface area (Å²) >= 11 is 1.70. The largest absolute Gasteiger partial charge is 0.298 e. The molecule has 2 aromatic heterocycles. The van der Waals surface area contributed by atoms with E-state index in [0.29, 0.717) is 11.8 Å². The summed E-state index contributed by atoms with van der Waals surface area (Å²) in [5, 5.41) is 9.95. The molecule has 5 heteroatoms. The minimum atomic E-state index is 0.300. The van der Waals surface area contributed by atoms with Crippen LogP contribution in [-0.2, 0) is 6.54 Å². The summed E-state index contributed by atoms with van der Waals surface area (Å²) in [4.78, 5) is 4.06. The molecule has 2 heterocycles. The van der Waals surface area contributed by atoms with Crippen LogP contribution in [0.4, 0.5) is 0 Å². The van der Waals surface area contributed by atoms with Gasteiger partial charge in [-0.1, -0.05) is 48.2 Å². The Bertz CT molecular complexity index is 768. The van der Waals surface area contributed by atoms with Gasteiger partial charge in [-0.3, -0.25) is 9.55 Å². The number of nitrogens with zero attached hydrogens (tertiary/aromatic N) is 4. The van der Waals surface area contributed by atoms with E-state index in [0.717, 1.165) is 16.5 Å². The van der Waals surface area contributed by atoms with Gasteiger partial charge in [0.1, 0.15) is 0 Å². The fourth-order valence-electron chi connectivity index (χ4n) is 2.33. The third-order valence-electron chi connectivity index (χ3n) is 3.52. The highest BCUT2D eigenvalue weighted by Gasteiger charge is 2.16. The first-order valence-corrected chi connectivity index (χ1v) is 8.33. The lowest BCUT2D eigenvalue weighted by Crippen LogP contribution is -2.01. The topological polar surface area (TPSA) is 43.6 Å². The number of benzene rings is 1. The molecule has 1 aromatic carbocycles. The van der Waals surface area contributed by atoms with Gasteiger partial charge in [-0.05, 0) is 24.6 Å². The molecule has 23 heavy (non-hydrogen) atoms. The summed E-state index contributed by atoms with van der Waals surface area (Å²) in [5.74, 6) is 0.843. The molecule has 1 atom stereocenters. The van der Waals surface area contributed by atoms with Crippen LogP contribution in [0.5, 0.6) is 0 Å². The first kappa shape index (κ1) is 15.5. The van der Waals surface area contributed by atoms with Gasteiger partial charge in [0.2, 0.25) is 0 Å². The van der Waals surface area contributed by atoms with Gasteiger partial charge in [0.05, 0.1) is 0 Å². The van der Waals surface area contributed by atoms with Gasteiger partial charge in [-0.2, -0.15) is 0 Å². The van der Waals surface area contributed by atoms with Gasteiger partial charge in [-0.25, -0.2) is 0 Å². The average molecular weight is 322 g/mol. The molecule has 0 bridgehead atoms. The molecule has 0 saturated carbocycles. The molecule has 0 amide bonds. The smallest absolute Gasteiger partial charge is 0.192 e. The lowest BCUT2D eigenvalue weighted by Gasteiger charge is -2.12.